The molecule has 0 radical (unpaired) electrons. The highest BCUT2D eigenvalue weighted by Gasteiger charge is 2.55. The van der Waals surface area contributed by atoms with E-state index >= 15 is 0 Å². The van der Waals surface area contributed by atoms with Crippen molar-refractivity contribution in [2.24, 2.45) is 10.8 Å². The number of nitrogens with zero attached hydrogens (tertiary/aromatic N) is 1. The molecule has 0 atom stereocenters. The van der Waals surface area contributed by atoms with Gasteiger partial charge in [0.15, 0.2) is 5.78 Å². The van der Waals surface area contributed by atoms with Gasteiger partial charge in [-0.05, 0) is 173 Å². The molecule has 1 N–H and O–H groups in total. The predicted octanol–water partition coefficient (Wildman–Crippen LogP) is 11.0. The maximum atomic E-state index is 12.0. The number of unbranched alkanes of at least 4 members (excludes halogenated alkanes) is 6. The molecule has 82 heavy (non-hydrogen) atoms. The Hall–Kier alpha value is -5.84. The lowest BCUT2D eigenvalue weighted by Gasteiger charge is -2.21. The number of carbonyl (C=O) groups excluding carboxylic acids is 8. The van der Waals surface area contributed by atoms with Crippen LogP contribution in [0, 0.1) is 81.9 Å². The summed E-state index contributed by atoms with van der Waals surface area (Å²) in [6, 6.07) is 0. The average molecular weight is 1140 g/mol. The Morgan fingerprint density at radius 2 is 0.793 bits per heavy atom. The third kappa shape index (κ3) is 45.7. The van der Waals surface area contributed by atoms with Gasteiger partial charge in [-0.2, -0.15) is 0 Å². The van der Waals surface area contributed by atoms with E-state index in [4.69, 9.17) is 18.9 Å². The summed E-state index contributed by atoms with van der Waals surface area (Å²) in [5.74, 6) is 35.4. The summed E-state index contributed by atoms with van der Waals surface area (Å²) < 4.78 is 21.3. The molecular weight excluding hydrogens is 1040 g/mol. The van der Waals surface area contributed by atoms with Crippen LogP contribution in [0.25, 0.3) is 0 Å². The Morgan fingerprint density at radius 1 is 0.402 bits per heavy atom. The minimum absolute atomic E-state index is 0.00616. The quantitative estimate of drug-likeness (QED) is 0.0360. The minimum atomic E-state index is -0.670. The zero-order valence-corrected chi connectivity index (χ0v) is 53.0. The minimum Gasteiger partial charge on any atom is -0.381 e. The van der Waals surface area contributed by atoms with Crippen LogP contribution < -0.4 is 5.32 Å². The number of hydrogen-bond acceptors (Lipinski definition) is 12. The maximum Gasteiger partial charge on any atom is 0.235 e. The van der Waals surface area contributed by atoms with E-state index in [1.54, 1.807) is 46.6 Å². The van der Waals surface area contributed by atoms with Crippen LogP contribution in [-0.4, -0.2) is 123 Å². The summed E-state index contributed by atoms with van der Waals surface area (Å²) in [5, 5.41) is 2.80. The molecule has 2 amide bonds. The summed E-state index contributed by atoms with van der Waals surface area (Å²) in [6.07, 6.45) is 19.0. The van der Waals surface area contributed by atoms with Gasteiger partial charge in [-0.1, -0.05) is 0 Å². The van der Waals surface area contributed by atoms with Crippen LogP contribution in [0.15, 0.2) is 0 Å². The maximum absolute atomic E-state index is 12.0. The van der Waals surface area contributed by atoms with Gasteiger partial charge < -0.3 is 38.8 Å². The van der Waals surface area contributed by atoms with Crippen molar-refractivity contribution in [1.29, 1.82) is 0 Å². The van der Waals surface area contributed by atoms with Gasteiger partial charge in [-0.3, -0.25) is 28.8 Å². The molecule has 14 nitrogen and oxygen atoms in total. The van der Waals surface area contributed by atoms with Crippen LogP contribution in [-0.2, 0) is 57.3 Å². The molecule has 458 valence electrons. The number of nitrogens with one attached hydrogen (secondary N) is 1. The summed E-state index contributed by atoms with van der Waals surface area (Å²) in [7, 11) is 1.77. The molecule has 0 spiro atoms. The number of rotatable bonds is 35. The van der Waals surface area contributed by atoms with E-state index in [1.165, 1.54) is 13.8 Å². The van der Waals surface area contributed by atoms with Crippen LogP contribution >= 0.6 is 0 Å². The highest BCUT2D eigenvalue weighted by atomic mass is 16.5. The summed E-state index contributed by atoms with van der Waals surface area (Å²) >= 11 is 0. The molecule has 0 aromatic rings. The van der Waals surface area contributed by atoms with Gasteiger partial charge >= 0.3 is 0 Å². The molecular formula is C68H104N2O12. The second-order valence-corrected chi connectivity index (χ2v) is 20.2. The molecule has 3 rings (SSSR count). The highest BCUT2D eigenvalue weighted by molar-refractivity contribution is 6.08. The van der Waals surface area contributed by atoms with Crippen LogP contribution in [0.4, 0.5) is 0 Å². The number of amides is 2. The van der Waals surface area contributed by atoms with E-state index in [9.17, 15) is 38.4 Å². The number of ether oxygens (including phenoxy) is 4. The standard InChI is InChI=1S/C13H19NO2.C12H17NO2.C12H18O2.C11H18O2.2C10H16O2/c1-4-5-6-7-10-14(3)12(16)13(8-9-13)11(2)15;1-3-4-5-6-9-13-11(15)12(7-8-12)10(2)14;1-3-4-5-6-7-10-14-12(8-9-12)11(2)13;1-3-4-5-6-9-13-10-7-8-11(2)12;1-3-4-5-8-12-9-6-7-10(2)11;1-3-4-5-6-8-12-9-7-10(2)11/h6-10H2,1-3H3;5-9H2,1-2H3,(H,13,15);5-10H2,1-2H3;5-10H2,1-2H3;2*5-9H2,1-2H3. The Labute approximate surface area is 496 Å². The Bertz CT molecular complexity index is 2230. The molecule has 3 aliphatic rings. The van der Waals surface area contributed by atoms with Gasteiger partial charge in [0, 0.05) is 111 Å². The highest BCUT2D eigenvalue weighted by Crippen LogP contribution is 2.48. The third-order valence-electron chi connectivity index (χ3n) is 12.9. The summed E-state index contributed by atoms with van der Waals surface area (Å²) in [5.41, 5.74) is -1.71. The van der Waals surface area contributed by atoms with E-state index in [0.29, 0.717) is 84.8 Å². The van der Waals surface area contributed by atoms with Crippen molar-refractivity contribution in [3.8, 4) is 71.0 Å². The SMILES string of the molecule is CC#CCCCCOC1(C(C)=O)CC1.CC#CCCCN(C)C(=O)C1(C(C)=O)CC1.CC#CCCCNC(=O)C1(C(C)=O)CC1.CC#CCCCOCCC(C)=O.CC#CCCCOCCCC(C)=O.CC#CCCOCCCC(C)=O. The Kier molecular flexibility index (Phi) is 52.1. The lowest BCUT2D eigenvalue weighted by atomic mass is 10.0. The number of carbonyl (C=O) groups is 8. The first-order valence-electron chi connectivity index (χ1n) is 29.5. The van der Waals surface area contributed by atoms with Gasteiger partial charge in [-0.25, -0.2) is 0 Å². The molecule has 0 bridgehead atoms. The van der Waals surface area contributed by atoms with Gasteiger partial charge in [-0.15, -0.1) is 71.0 Å². The van der Waals surface area contributed by atoms with E-state index in [-0.39, 0.29) is 52.1 Å². The third-order valence-corrected chi connectivity index (χ3v) is 12.9. The number of ketones is 6. The van der Waals surface area contributed by atoms with Crippen molar-refractivity contribution in [2.75, 3.05) is 66.4 Å². The topological polar surface area (TPSA) is 189 Å². The zero-order valence-electron chi connectivity index (χ0n) is 53.0. The molecule has 3 aliphatic carbocycles. The molecule has 3 saturated carbocycles. The van der Waals surface area contributed by atoms with Crippen molar-refractivity contribution >= 4 is 46.5 Å². The van der Waals surface area contributed by atoms with Gasteiger partial charge in [0.2, 0.25) is 11.8 Å². The van der Waals surface area contributed by atoms with E-state index in [0.717, 1.165) is 122 Å². The molecule has 0 saturated heterocycles. The normalized spacial score (nSPS) is 13.0. The van der Waals surface area contributed by atoms with E-state index < -0.39 is 10.8 Å². The fourth-order valence-corrected chi connectivity index (χ4v) is 7.19. The van der Waals surface area contributed by atoms with Crippen molar-refractivity contribution in [3.63, 3.8) is 0 Å². The first kappa shape index (κ1) is 80.4. The average Bonchev–Trinajstić information content (AvgIpc) is 4.52. The van der Waals surface area contributed by atoms with E-state index in [1.807, 2.05) is 34.6 Å². The largest absolute Gasteiger partial charge is 0.381 e. The smallest absolute Gasteiger partial charge is 0.235 e. The van der Waals surface area contributed by atoms with Crippen molar-refractivity contribution < 1.29 is 57.3 Å². The molecule has 0 aliphatic heterocycles. The predicted molar refractivity (Wildman–Crippen MR) is 328 cm³/mol. The summed E-state index contributed by atoms with van der Waals surface area (Å²) in [6.45, 7) is 26.4. The van der Waals surface area contributed by atoms with Crippen LogP contribution in [0.5, 0.6) is 0 Å². The Balaban J connectivity index is -0.000000917. The van der Waals surface area contributed by atoms with Crippen LogP contribution in [0.2, 0.25) is 0 Å². The van der Waals surface area contributed by atoms with Gasteiger partial charge in [0.25, 0.3) is 0 Å². The monoisotopic (exact) mass is 1140 g/mol. The van der Waals surface area contributed by atoms with E-state index in [2.05, 4.69) is 76.4 Å². The first-order chi connectivity index (χ1) is 39.2. The Morgan fingerprint density at radius 3 is 1.20 bits per heavy atom. The molecule has 14 heteroatoms. The molecule has 0 aromatic carbocycles. The zero-order chi connectivity index (χ0) is 62.3. The number of Topliss-reactive ketones (excluding diaryl/α,β-unsaturated/α-hetero) is 6. The lowest BCUT2D eigenvalue weighted by molar-refractivity contribution is -0.142. The second kappa shape index (κ2) is 53.2. The van der Waals surface area contributed by atoms with Crippen LogP contribution in [0.3, 0.4) is 0 Å². The number of hydrogen-bond donors (Lipinski definition) is 1. The molecule has 0 heterocycles. The molecule has 0 unspecified atom stereocenters. The van der Waals surface area contributed by atoms with Crippen molar-refractivity contribution in [1.82, 2.24) is 10.2 Å². The van der Waals surface area contributed by atoms with Crippen molar-refractivity contribution in [2.45, 2.75) is 236 Å². The van der Waals surface area contributed by atoms with Crippen LogP contribution in [0.1, 0.15) is 231 Å². The van der Waals surface area contributed by atoms with Crippen molar-refractivity contribution in [3.05, 3.63) is 0 Å². The fourth-order valence-electron chi connectivity index (χ4n) is 7.19. The summed E-state index contributed by atoms with van der Waals surface area (Å²) in [4.78, 5) is 90.6. The van der Waals surface area contributed by atoms with Gasteiger partial charge in [0.1, 0.15) is 45.3 Å². The first-order valence-corrected chi connectivity index (χ1v) is 29.5. The lowest BCUT2D eigenvalue weighted by Crippen LogP contribution is -2.38. The molecule has 0 aromatic heterocycles. The molecule has 3 fully saturated rings. The second-order valence-electron chi connectivity index (χ2n) is 20.2. The van der Waals surface area contributed by atoms with Gasteiger partial charge in [0.05, 0.1) is 13.2 Å². The fraction of sp³-hybridized carbons (Fsp3) is 0.706.